The highest BCUT2D eigenvalue weighted by Gasteiger charge is 2.41. The van der Waals surface area contributed by atoms with E-state index >= 15 is 0 Å². The number of likely N-dealkylation sites (tertiary alicyclic amines) is 1. The summed E-state index contributed by atoms with van der Waals surface area (Å²) in [6.07, 6.45) is 6.02. The number of carbonyl (C=O) groups excluding carboxylic acids is 2. The van der Waals surface area contributed by atoms with Crippen LogP contribution in [0.25, 0.3) is 0 Å². The fourth-order valence-corrected chi connectivity index (χ4v) is 4.50. The number of hydrogen-bond donors (Lipinski definition) is 1. The van der Waals surface area contributed by atoms with Crippen LogP contribution in [0.15, 0.2) is 73.1 Å². The van der Waals surface area contributed by atoms with Gasteiger partial charge in [-0.3, -0.25) is 14.6 Å². The molecule has 0 bridgehead atoms. The minimum atomic E-state index is -0.395. The predicted octanol–water partition coefficient (Wildman–Crippen LogP) is 5.60. The average molecular weight is 474 g/mol. The number of ether oxygens (including phenoxy) is 2. The number of amides is 2. The van der Waals surface area contributed by atoms with Crippen molar-refractivity contribution in [2.75, 3.05) is 19.0 Å². The van der Waals surface area contributed by atoms with E-state index in [0.717, 1.165) is 18.4 Å². The lowest BCUT2D eigenvalue weighted by Crippen LogP contribution is -2.47. The smallest absolute Gasteiger partial charge is 0.229 e. The number of unbranched alkanes of at least 4 members (excludes halogenated alkanes) is 1. The molecule has 7 heteroatoms. The number of anilines is 1. The third-order valence-corrected chi connectivity index (χ3v) is 6.26. The van der Waals surface area contributed by atoms with Crippen LogP contribution in [0, 0.1) is 5.92 Å². The standard InChI is InChI=1S/C28H31N3O4/c1-3-4-19-31-26(32)14-13-24(27(31)23-7-5-6-8-25(23)34-2)28(33)30-20-9-11-21(12-10-20)35-22-15-17-29-18-16-22/h5-12,15-18,24,27H,3-4,13-14,19H2,1-2H3,(H,30,33). The first-order valence-corrected chi connectivity index (χ1v) is 12.0. The normalized spacial score (nSPS) is 17.7. The van der Waals surface area contributed by atoms with Gasteiger partial charge in [0.05, 0.1) is 19.1 Å². The zero-order valence-electron chi connectivity index (χ0n) is 20.1. The van der Waals surface area contributed by atoms with Crippen LogP contribution in [0.4, 0.5) is 5.69 Å². The van der Waals surface area contributed by atoms with Crippen molar-refractivity contribution < 1.29 is 19.1 Å². The van der Waals surface area contributed by atoms with Crippen molar-refractivity contribution in [2.24, 2.45) is 5.92 Å². The fraction of sp³-hybridized carbons (Fsp3) is 0.321. The van der Waals surface area contributed by atoms with Gasteiger partial charge in [0.1, 0.15) is 17.2 Å². The van der Waals surface area contributed by atoms with Crippen LogP contribution in [-0.2, 0) is 9.59 Å². The van der Waals surface area contributed by atoms with Crippen molar-refractivity contribution in [1.29, 1.82) is 0 Å². The third-order valence-electron chi connectivity index (χ3n) is 6.26. The Hall–Kier alpha value is -3.87. The summed E-state index contributed by atoms with van der Waals surface area (Å²) in [7, 11) is 1.62. The summed E-state index contributed by atoms with van der Waals surface area (Å²) in [4.78, 5) is 32.3. The van der Waals surface area contributed by atoms with E-state index in [1.165, 1.54) is 0 Å². The summed E-state index contributed by atoms with van der Waals surface area (Å²) in [5.41, 5.74) is 1.54. The SMILES string of the molecule is CCCCN1C(=O)CCC(C(=O)Nc2ccc(Oc3ccncc3)cc2)C1c1ccccc1OC. The van der Waals surface area contributed by atoms with E-state index in [1.807, 2.05) is 53.4 Å². The Bertz CT molecular complexity index is 1130. The number of hydrogen-bond acceptors (Lipinski definition) is 5. The molecule has 0 spiro atoms. The molecule has 2 atom stereocenters. The average Bonchev–Trinajstić information content (AvgIpc) is 2.89. The van der Waals surface area contributed by atoms with Crippen molar-refractivity contribution in [3.63, 3.8) is 0 Å². The molecule has 2 aromatic carbocycles. The van der Waals surface area contributed by atoms with Gasteiger partial charge in [0, 0.05) is 36.6 Å². The molecule has 1 fully saturated rings. The number of pyridine rings is 1. The Kier molecular flexibility index (Phi) is 7.98. The summed E-state index contributed by atoms with van der Waals surface area (Å²) < 4.78 is 11.4. The second-order valence-corrected chi connectivity index (χ2v) is 8.57. The minimum Gasteiger partial charge on any atom is -0.496 e. The quantitative estimate of drug-likeness (QED) is 0.437. The molecule has 1 aromatic heterocycles. The molecule has 1 aliphatic rings. The minimum absolute atomic E-state index is 0.0796. The maximum absolute atomic E-state index is 13.5. The number of para-hydroxylation sites is 1. The Labute approximate surface area is 206 Å². The molecule has 35 heavy (non-hydrogen) atoms. The van der Waals surface area contributed by atoms with Gasteiger partial charge in [-0.05, 0) is 55.3 Å². The van der Waals surface area contributed by atoms with Gasteiger partial charge >= 0.3 is 0 Å². The first-order valence-electron chi connectivity index (χ1n) is 12.0. The van der Waals surface area contributed by atoms with Crippen molar-refractivity contribution in [3.05, 3.63) is 78.6 Å². The maximum Gasteiger partial charge on any atom is 0.229 e. The highest BCUT2D eigenvalue weighted by molar-refractivity contribution is 5.94. The Balaban J connectivity index is 1.55. The van der Waals surface area contributed by atoms with Crippen LogP contribution >= 0.6 is 0 Å². The van der Waals surface area contributed by atoms with Crippen LogP contribution in [0.2, 0.25) is 0 Å². The molecule has 1 aliphatic heterocycles. The van der Waals surface area contributed by atoms with Crippen molar-refractivity contribution in [3.8, 4) is 17.2 Å². The summed E-state index contributed by atoms with van der Waals surface area (Å²) in [6.45, 7) is 2.71. The molecule has 0 radical (unpaired) electrons. The molecule has 0 saturated carbocycles. The first-order chi connectivity index (χ1) is 17.1. The van der Waals surface area contributed by atoms with Crippen LogP contribution in [-0.4, -0.2) is 35.4 Å². The Morgan fingerprint density at radius 2 is 1.77 bits per heavy atom. The second-order valence-electron chi connectivity index (χ2n) is 8.57. The van der Waals surface area contributed by atoms with Crippen LogP contribution in [0.1, 0.15) is 44.2 Å². The van der Waals surface area contributed by atoms with E-state index in [2.05, 4.69) is 17.2 Å². The third kappa shape index (κ3) is 5.80. The monoisotopic (exact) mass is 473 g/mol. The zero-order valence-corrected chi connectivity index (χ0v) is 20.1. The maximum atomic E-state index is 13.5. The molecule has 1 N–H and O–H groups in total. The molecule has 0 aliphatic carbocycles. The van der Waals surface area contributed by atoms with E-state index < -0.39 is 5.92 Å². The molecule has 7 nitrogen and oxygen atoms in total. The number of rotatable bonds is 9. The molecule has 1 saturated heterocycles. The second kappa shape index (κ2) is 11.5. The summed E-state index contributed by atoms with van der Waals surface area (Å²) in [6, 6.07) is 18.1. The summed E-state index contributed by atoms with van der Waals surface area (Å²) in [5.74, 6) is 1.61. The lowest BCUT2D eigenvalue weighted by Gasteiger charge is -2.41. The van der Waals surface area contributed by atoms with E-state index in [-0.39, 0.29) is 17.9 Å². The highest BCUT2D eigenvalue weighted by Crippen LogP contribution is 2.41. The molecule has 4 rings (SSSR count). The highest BCUT2D eigenvalue weighted by atomic mass is 16.5. The van der Waals surface area contributed by atoms with Crippen molar-refractivity contribution in [1.82, 2.24) is 9.88 Å². The topological polar surface area (TPSA) is 80.8 Å². The summed E-state index contributed by atoms with van der Waals surface area (Å²) in [5, 5.41) is 3.05. The van der Waals surface area contributed by atoms with Crippen molar-refractivity contribution in [2.45, 2.75) is 38.6 Å². The molecular formula is C28H31N3O4. The number of methoxy groups -OCH3 is 1. The van der Waals surface area contributed by atoms with Crippen LogP contribution < -0.4 is 14.8 Å². The first kappa shape index (κ1) is 24.3. The Morgan fingerprint density at radius 1 is 1.06 bits per heavy atom. The molecule has 182 valence electrons. The van der Waals surface area contributed by atoms with Gasteiger partial charge in [0.25, 0.3) is 0 Å². The van der Waals surface area contributed by atoms with Gasteiger partial charge < -0.3 is 19.7 Å². The van der Waals surface area contributed by atoms with E-state index in [4.69, 9.17) is 9.47 Å². The predicted molar refractivity (Wildman–Crippen MR) is 134 cm³/mol. The Morgan fingerprint density at radius 3 is 2.49 bits per heavy atom. The number of piperidine rings is 1. The van der Waals surface area contributed by atoms with Gasteiger partial charge in [-0.25, -0.2) is 0 Å². The molecule has 2 heterocycles. The van der Waals surface area contributed by atoms with Gasteiger partial charge in [-0.2, -0.15) is 0 Å². The molecule has 2 unspecified atom stereocenters. The number of nitrogens with zero attached hydrogens (tertiary/aromatic N) is 2. The molecular weight excluding hydrogens is 442 g/mol. The lowest BCUT2D eigenvalue weighted by atomic mass is 9.83. The van der Waals surface area contributed by atoms with Crippen LogP contribution in [0.3, 0.4) is 0 Å². The van der Waals surface area contributed by atoms with Gasteiger partial charge in [-0.15, -0.1) is 0 Å². The van der Waals surface area contributed by atoms with Gasteiger partial charge in [-0.1, -0.05) is 31.5 Å². The van der Waals surface area contributed by atoms with Gasteiger partial charge in [0.15, 0.2) is 0 Å². The van der Waals surface area contributed by atoms with Crippen LogP contribution in [0.5, 0.6) is 17.2 Å². The number of aromatic nitrogens is 1. The number of carbonyl (C=O) groups is 2. The van der Waals surface area contributed by atoms with Crippen molar-refractivity contribution >= 4 is 17.5 Å². The van der Waals surface area contributed by atoms with Gasteiger partial charge in [0.2, 0.25) is 11.8 Å². The zero-order chi connectivity index (χ0) is 24.6. The van der Waals surface area contributed by atoms with E-state index in [1.54, 1.807) is 31.6 Å². The number of benzene rings is 2. The fourth-order valence-electron chi connectivity index (χ4n) is 4.50. The molecule has 2 amide bonds. The largest absolute Gasteiger partial charge is 0.496 e. The summed E-state index contributed by atoms with van der Waals surface area (Å²) >= 11 is 0. The number of nitrogens with one attached hydrogen (secondary N) is 1. The van der Waals surface area contributed by atoms with E-state index in [9.17, 15) is 9.59 Å². The van der Waals surface area contributed by atoms with E-state index in [0.29, 0.717) is 42.3 Å². The lowest BCUT2D eigenvalue weighted by molar-refractivity contribution is -0.142. The molecule has 3 aromatic rings.